The first-order chi connectivity index (χ1) is 9.42. The standard InChI is InChI=1S/C15H12BrF3O/c16-11-1-9(2-12(17)7-11)5-15(20)6-10-3-13(18)8-14(19)4-10/h1-4,7-8,15,20H,5-6H2. The molecule has 0 aromatic heterocycles. The van der Waals surface area contributed by atoms with Crippen molar-refractivity contribution in [3.8, 4) is 0 Å². The van der Waals surface area contributed by atoms with Crippen LogP contribution in [0.4, 0.5) is 13.2 Å². The Morgan fingerprint density at radius 2 is 1.25 bits per heavy atom. The van der Waals surface area contributed by atoms with Gasteiger partial charge in [0.1, 0.15) is 17.5 Å². The summed E-state index contributed by atoms with van der Waals surface area (Å²) in [6, 6.07) is 7.46. The second-order valence-corrected chi connectivity index (χ2v) is 5.53. The zero-order valence-corrected chi connectivity index (χ0v) is 12.0. The van der Waals surface area contributed by atoms with Crippen LogP contribution in [0.15, 0.2) is 40.9 Å². The second kappa shape index (κ2) is 6.41. The van der Waals surface area contributed by atoms with Gasteiger partial charge in [0.25, 0.3) is 0 Å². The number of halogens is 4. The van der Waals surface area contributed by atoms with E-state index < -0.39 is 23.6 Å². The molecule has 1 nitrogen and oxygen atoms in total. The maximum absolute atomic E-state index is 13.2. The highest BCUT2D eigenvalue weighted by molar-refractivity contribution is 9.10. The predicted octanol–water partition coefficient (Wildman–Crippen LogP) is 4.01. The normalized spacial score (nSPS) is 12.4. The van der Waals surface area contributed by atoms with E-state index in [2.05, 4.69) is 15.9 Å². The number of benzene rings is 2. The van der Waals surface area contributed by atoms with Gasteiger partial charge in [-0.15, -0.1) is 0 Å². The predicted molar refractivity (Wildman–Crippen MR) is 73.9 cm³/mol. The summed E-state index contributed by atoms with van der Waals surface area (Å²) in [4.78, 5) is 0. The Kier molecular flexibility index (Phi) is 4.83. The molecule has 106 valence electrons. The zero-order chi connectivity index (χ0) is 14.7. The van der Waals surface area contributed by atoms with Gasteiger partial charge in [-0.25, -0.2) is 13.2 Å². The number of hydrogen-bond donors (Lipinski definition) is 1. The van der Waals surface area contributed by atoms with Crippen LogP contribution >= 0.6 is 15.9 Å². The lowest BCUT2D eigenvalue weighted by atomic mass is 10.0. The maximum atomic E-state index is 13.2. The highest BCUT2D eigenvalue weighted by Gasteiger charge is 2.10. The highest BCUT2D eigenvalue weighted by atomic mass is 79.9. The first-order valence-electron chi connectivity index (χ1n) is 6.00. The summed E-state index contributed by atoms with van der Waals surface area (Å²) in [5.74, 6) is -1.76. The van der Waals surface area contributed by atoms with E-state index >= 15 is 0 Å². The molecule has 0 saturated carbocycles. The van der Waals surface area contributed by atoms with E-state index in [0.29, 0.717) is 15.6 Å². The fourth-order valence-corrected chi connectivity index (χ4v) is 2.59. The number of rotatable bonds is 4. The van der Waals surface area contributed by atoms with Crippen LogP contribution in [0.2, 0.25) is 0 Å². The van der Waals surface area contributed by atoms with Crippen molar-refractivity contribution in [2.75, 3.05) is 0 Å². The molecule has 1 unspecified atom stereocenters. The lowest BCUT2D eigenvalue weighted by Crippen LogP contribution is -2.14. The third-order valence-electron chi connectivity index (χ3n) is 2.79. The third-order valence-corrected chi connectivity index (χ3v) is 3.25. The first-order valence-corrected chi connectivity index (χ1v) is 6.79. The van der Waals surface area contributed by atoms with E-state index in [1.54, 1.807) is 6.07 Å². The summed E-state index contributed by atoms with van der Waals surface area (Å²) in [7, 11) is 0. The Bertz CT molecular complexity index is 522. The highest BCUT2D eigenvalue weighted by Crippen LogP contribution is 2.18. The van der Waals surface area contributed by atoms with Crippen LogP contribution in [-0.2, 0) is 12.8 Å². The maximum Gasteiger partial charge on any atom is 0.126 e. The van der Waals surface area contributed by atoms with Crippen LogP contribution in [0.25, 0.3) is 0 Å². The lowest BCUT2D eigenvalue weighted by molar-refractivity contribution is 0.175. The van der Waals surface area contributed by atoms with Gasteiger partial charge < -0.3 is 5.11 Å². The van der Waals surface area contributed by atoms with Crippen molar-refractivity contribution in [1.82, 2.24) is 0 Å². The molecule has 0 aliphatic heterocycles. The van der Waals surface area contributed by atoms with E-state index in [9.17, 15) is 18.3 Å². The van der Waals surface area contributed by atoms with Gasteiger partial charge in [-0.3, -0.25) is 0 Å². The van der Waals surface area contributed by atoms with Crippen molar-refractivity contribution < 1.29 is 18.3 Å². The summed E-state index contributed by atoms with van der Waals surface area (Å²) < 4.78 is 39.8. The Hall–Kier alpha value is -1.33. The van der Waals surface area contributed by atoms with Crippen molar-refractivity contribution in [1.29, 1.82) is 0 Å². The second-order valence-electron chi connectivity index (χ2n) is 4.62. The average molecular weight is 345 g/mol. The van der Waals surface area contributed by atoms with E-state index in [1.165, 1.54) is 24.3 Å². The molecular weight excluding hydrogens is 333 g/mol. The number of aliphatic hydroxyl groups is 1. The largest absolute Gasteiger partial charge is 0.392 e. The van der Waals surface area contributed by atoms with Crippen molar-refractivity contribution in [2.45, 2.75) is 18.9 Å². The van der Waals surface area contributed by atoms with Gasteiger partial charge in [0, 0.05) is 10.5 Å². The van der Waals surface area contributed by atoms with Crippen molar-refractivity contribution >= 4 is 15.9 Å². The van der Waals surface area contributed by atoms with E-state index in [-0.39, 0.29) is 12.8 Å². The van der Waals surface area contributed by atoms with Crippen LogP contribution in [0.1, 0.15) is 11.1 Å². The Morgan fingerprint density at radius 3 is 1.75 bits per heavy atom. The zero-order valence-electron chi connectivity index (χ0n) is 10.4. The summed E-state index contributed by atoms with van der Waals surface area (Å²) >= 11 is 3.17. The molecular formula is C15H12BrF3O. The number of aliphatic hydroxyl groups excluding tert-OH is 1. The van der Waals surface area contributed by atoms with Gasteiger partial charge in [-0.05, 0) is 54.3 Å². The molecule has 0 aliphatic rings. The molecule has 0 radical (unpaired) electrons. The number of hydrogen-bond acceptors (Lipinski definition) is 1. The molecule has 0 heterocycles. The van der Waals surface area contributed by atoms with E-state index in [1.807, 2.05) is 0 Å². The van der Waals surface area contributed by atoms with Crippen molar-refractivity contribution in [3.05, 3.63) is 69.4 Å². The fourth-order valence-electron chi connectivity index (χ4n) is 2.07. The van der Waals surface area contributed by atoms with Gasteiger partial charge in [-0.2, -0.15) is 0 Å². The molecule has 2 aromatic rings. The first kappa shape index (κ1) is 15.1. The minimum absolute atomic E-state index is 0.100. The SMILES string of the molecule is OC(Cc1cc(F)cc(F)c1)Cc1cc(F)cc(Br)c1. The van der Waals surface area contributed by atoms with Gasteiger partial charge in [0.2, 0.25) is 0 Å². The molecule has 0 spiro atoms. The topological polar surface area (TPSA) is 20.2 Å². The Labute approximate surface area is 123 Å². The summed E-state index contributed by atoms with van der Waals surface area (Å²) in [6.07, 6.45) is -0.540. The van der Waals surface area contributed by atoms with Gasteiger partial charge >= 0.3 is 0 Å². The van der Waals surface area contributed by atoms with Crippen LogP contribution < -0.4 is 0 Å². The van der Waals surface area contributed by atoms with Crippen LogP contribution in [0.5, 0.6) is 0 Å². The molecule has 0 amide bonds. The Balaban J connectivity index is 2.06. The molecule has 1 N–H and O–H groups in total. The molecule has 2 aromatic carbocycles. The monoisotopic (exact) mass is 344 g/mol. The van der Waals surface area contributed by atoms with Gasteiger partial charge in [-0.1, -0.05) is 15.9 Å². The minimum Gasteiger partial charge on any atom is -0.392 e. The van der Waals surface area contributed by atoms with E-state index in [4.69, 9.17) is 0 Å². The summed E-state index contributed by atoms with van der Waals surface area (Å²) in [6.45, 7) is 0. The van der Waals surface area contributed by atoms with Gasteiger partial charge in [0.15, 0.2) is 0 Å². The van der Waals surface area contributed by atoms with Gasteiger partial charge in [0.05, 0.1) is 6.10 Å². The van der Waals surface area contributed by atoms with Crippen molar-refractivity contribution in [3.63, 3.8) is 0 Å². The average Bonchev–Trinajstić information content (AvgIpc) is 2.24. The minimum atomic E-state index is -0.843. The molecule has 0 bridgehead atoms. The van der Waals surface area contributed by atoms with Crippen LogP contribution in [0.3, 0.4) is 0 Å². The smallest absolute Gasteiger partial charge is 0.126 e. The lowest BCUT2D eigenvalue weighted by Gasteiger charge is -2.11. The van der Waals surface area contributed by atoms with Crippen molar-refractivity contribution in [2.24, 2.45) is 0 Å². The molecule has 2 rings (SSSR count). The third kappa shape index (κ3) is 4.35. The molecule has 0 aliphatic carbocycles. The fraction of sp³-hybridized carbons (Fsp3) is 0.200. The molecule has 0 fully saturated rings. The quantitative estimate of drug-likeness (QED) is 0.888. The molecule has 0 saturated heterocycles. The molecule has 5 heteroatoms. The van der Waals surface area contributed by atoms with Crippen LogP contribution in [0, 0.1) is 17.5 Å². The van der Waals surface area contributed by atoms with E-state index in [0.717, 1.165) is 6.07 Å². The van der Waals surface area contributed by atoms with Crippen LogP contribution in [-0.4, -0.2) is 11.2 Å². The summed E-state index contributed by atoms with van der Waals surface area (Å²) in [5.41, 5.74) is 0.978. The Morgan fingerprint density at radius 1 is 0.800 bits per heavy atom. The molecule has 1 atom stereocenters. The summed E-state index contributed by atoms with van der Waals surface area (Å²) in [5, 5.41) is 9.94. The molecule has 20 heavy (non-hydrogen) atoms.